The number of hydrogen-bond donors (Lipinski definition) is 2. The van der Waals surface area contributed by atoms with Crippen molar-refractivity contribution in [2.45, 2.75) is 36.6 Å². The van der Waals surface area contributed by atoms with Crippen LogP contribution in [0.2, 0.25) is 0 Å². The molecule has 0 spiro atoms. The van der Waals surface area contributed by atoms with E-state index in [0.717, 1.165) is 29.5 Å². The summed E-state index contributed by atoms with van der Waals surface area (Å²) < 4.78 is 0. The highest BCUT2D eigenvalue weighted by Crippen LogP contribution is 2.48. The Morgan fingerprint density at radius 2 is 1.83 bits per heavy atom. The van der Waals surface area contributed by atoms with Crippen molar-refractivity contribution in [2.24, 2.45) is 0 Å². The van der Waals surface area contributed by atoms with E-state index in [-0.39, 0.29) is 17.3 Å². The Morgan fingerprint density at radius 3 is 2.41 bits per heavy atom. The summed E-state index contributed by atoms with van der Waals surface area (Å²) in [6.07, 6.45) is 1.73. The number of amides is 1. The molecule has 1 aliphatic heterocycles. The Morgan fingerprint density at radius 1 is 1.14 bits per heavy atom. The standard InChI is InChI=1S/C23H21N5O/c1-22(18-5-3-4-15(12-18)13-24)19(20(29)28(2)21(26)27-22)16-6-8-17(9-7-16)23(14-25)10-11-23/h3-9,12,19H,10-11H2,1-2H3,(H2,26,27)/t19-,22-/m1/s1. The van der Waals surface area contributed by atoms with Crippen LogP contribution < -0.4 is 5.32 Å². The lowest BCUT2D eigenvalue weighted by molar-refractivity contribution is -0.131. The van der Waals surface area contributed by atoms with Crippen molar-refractivity contribution in [1.82, 2.24) is 10.2 Å². The van der Waals surface area contributed by atoms with E-state index in [0.29, 0.717) is 5.56 Å². The van der Waals surface area contributed by atoms with Crippen LogP contribution in [-0.4, -0.2) is 23.8 Å². The van der Waals surface area contributed by atoms with Crippen molar-refractivity contribution in [2.75, 3.05) is 7.05 Å². The van der Waals surface area contributed by atoms with Crippen LogP contribution in [0.1, 0.15) is 47.9 Å². The molecule has 0 radical (unpaired) electrons. The summed E-state index contributed by atoms with van der Waals surface area (Å²) >= 11 is 0. The lowest BCUT2D eigenvalue weighted by Crippen LogP contribution is -2.62. The smallest absolute Gasteiger partial charge is 0.239 e. The summed E-state index contributed by atoms with van der Waals surface area (Å²) in [5.41, 5.74) is 1.80. The lowest BCUT2D eigenvalue weighted by Gasteiger charge is -2.46. The van der Waals surface area contributed by atoms with Crippen molar-refractivity contribution in [3.8, 4) is 12.1 Å². The highest BCUT2D eigenvalue weighted by Gasteiger charge is 2.49. The van der Waals surface area contributed by atoms with Crippen molar-refractivity contribution in [1.29, 1.82) is 15.9 Å². The molecule has 2 aliphatic rings. The van der Waals surface area contributed by atoms with E-state index >= 15 is 0 Å². The van der Waals surface area contributed by atoms with Crippen molar-refractivity contribution in [3.05, 3.63) is 70.8 Å². The van der Waals surface area contributed by atoms with Crippen LogP contribution in [0.25, 0.3) is 0 Å². The van der Waals surface area contributed by atoms with Gasteiger partial charge in [-0.2, -0.15) is 10.5 Å². The first-order valence-corrected chi connectivity index (χ1v) is 9.51. The fraction of sp³-hybridized carbons (Fsp3) is 0.304. The van der Waals surface area contributed by atoms with Crippen LogP contribution in [0.5, 0.6) is 0 Å². The quantitative estimate of drug-likeness (QED) is 0.850. The van der Waals surface area contributed by atoms with Gasteiger partial charge < -0.3 is 5.32 Å². The molecule has 1 saturated carbocycles. The number of carbonyl (C=O) groups is 1. The van der Waals surface area contributed by atoms with E-state index in [1.807, 2.05) is 37.3 Å². The molecule has 0 bridgehead atoms. The minimum Gasteiger partial charge on any atom is -0.346 e. The van der Waals surface area contributed by atoms with E-state index < -0.39 is 11.5 Å². The normalized spacial score (nSPS) is 25.0. The number of benzene rings is 2. The maximum atomic E-state index is 13.3. The predicted octanol–water partition coefficient (Wildman–Crippen LogP) is 3.11. The fourth-order valence-corrected chi connectivity index (χ4v) is 4.16. The molecule has 1 heterocycles. The minimum atomic E-state index is -0.887. The van der Waals surface area contributed by atoms with Gasteiger partial charge in [0.1, 0.15) is 0 Å². The van der Waals surface area contributed by atoms with E-state index in [1.54, 1.807) is 25.2 Å². The first-order valence-electron chi connectivity index (χ1n) is 9.51. The van der Waals surface area contributed by atoms with Gasteiger partial charge >= 0.3 is 0 Å². The van der Waals surface area contributed by atoms with Crippen molar-refractivity contribution < 1.29 is 4.79 Å². The fourth-order valence-electron chi connectivity index (χ4n) is 4.16. The van der Waals surface area contributed by atoms with E-state index in [1.165, 1.54) is 4.90 Å². The number of carbonyl (C=O) groups excluding carboxylic acids is 1. The minimum absolute atomic E-state index is 0.0224. The zero-order valence-corrected chi connectivity index (χ0v) is 16.4. The largest absolute Gasteiger partial charge is 0.346 e. The lowest BCUT2D eigenvalue weighted by atomic mass is 9.73. The molecule has 29 heavy (non-hydrogen) atoms. The van der Waals surface area contributed by atoms with Crippen LogP contribution >= 0.6 is 0 Å². The average molecular weight is 383 g/mol. The molecule has 4 rings (SSSR count). The molecular formula is C23H21N5O. The maximum absolute atomic E-state index is 13.3. The summed E-state index contributed by atoms with van der Waals surface area (Å²) in [4.78, 5) is 14.6. The second-order valence-electron chi connectivity index (χ2n) is 8.01. The van der Waals surface area contributed by atoms with Gasteiger partial charge in [0.05, 0.1) is 34.6 Å². The summed E-state index contributed by atoms with van der Waals surface area (Å²) in [6, 6.07) is 19.4. The molecule has 0 unspecified atom stereocenters. The zero-order valence-electron chi connectivity index (χ0n) is 16.4. The molecule has 2 aromatic carbocycles. The van der Waals surface area contributed by atoms with Gasteiger partial charge in [0.25, 0.3) is 0 Å². The monoisotopic (exact) mass is 383 g/mol. The van der Waals surface area contributed by atoms with Crippen LogP contribution in [0.4, 0.5) is 0 Å². The Bertz CT molecular complexity index is 1090. The number of likely N-dealkylation sites (N-methyl/N-ethyl adjacent to an activating group) is 1. The topological polar surface area (TPSA) is 104 Å². The summed E-state index contributed by atoms with van der Waals surface area (Å²) in [5.74, 6) is -0.747. The van der Waals surface area contributed by atoms with Gasteiger partial charge in [-0.25, -0.2) is 0 Å². The molecule has 2 fully saturated rings. The molecule has 2 atom stereocenters. The van der Waals surface area contributed by atoms with Crippen LogP contribution in [0, 0.1) is 28.1 Å². The number of nitrogens with one attached hydrogen (secondary N) is 2. The molecule has 1 aliphatic carbocycles. The van der Waals surface area contributed by atoms with Crippen LogP contribution in [0.3, 0.4) is 0 Å². The number of guanidine groups is 1. The summed E-state index contributed by atoms with van der Waals surface area (Å²) in [6.45, 7) is 1.89. The summed E-state index contributed by atoms with van der Waals surface area (Å²) in [7, 11) is 1.58. The van der Waals surface area contributed by atoms with E-state index in [9.17, 15) is 15.3 Å². The Hall–Kier alpha value is -3.64. The summed E-state index contributed by atoms with van der Waals surface area (Å²) in [5, 5.41) is 30.1. The highest BCUT2D eigenvalue weighted by atomic mass is 16.2. The molecule has 1 amide bonds. The maximum Gasteiger partial charge on any atom is 0.239 e. The SMILES string of the molecule is CN1C(=N)N[C@](C)(c2cccc(C#N)c2)[C@H](c2ccc(C3(C#N)CC3)cc2)C1=O. The van der Waals surface area contributed by atoms with Gasteiger partial charge in [-0.05, 0) is 48.6 Å². The molecule has 6 nitrogen and oxygen atoms in total. The first-order chi connectivity index (χ1) is 13.8. The first kappa shape index (κ1) is 18.7. The highest BCUT2D eigenvalue weighted by molar-refractivity contribution is 6.02. The van der Waals surface area contributed by atoms with Crippen molar-refractivity contribution in [3.63, 3.8) is 0 Å². The molecule has 2 N–H and O–H groups in total. The van der Waals surface area contributed by atoms with Gasteiger partial charge in [-0.1, -0.05) is 36.4 Å². The molecule has 1 saturated heterocycles. The van der Waals surface area contributed by atoms with Gasteiger partial charge in [0.2, 0.25) is 5.91 Å². The number of nitriles is 2. The zero-order chi connectivity index (χ0) is 20.8. The van der Waals surface area contributed by atoms with Gasteiger partial charge in [-0.3, -0.25) is 15.1 Å². The average Bonchev–Trinajstić information content (AvgIpc) is 3.54. The Kier molecular flexibility index (Phi) is 4.17. The van der Waals surface area contributed by atoms with Gasteiger partial charge in [-0.15, -0.1) is 0 Å². The third-order valence-corrected chi connectivity index (χ3v) is 6.22. The Balaban J connectivity index is 1.81. The van der Waals surface area contributed by atoms with Crippen molar-refractivity contribution >= 4 is 11.9 Å². The van der Waals surface area contributed by atoms with Crippen LogP contribution in [0.15, 0.2) is 48.5 Å². The molecule has 2 aromatic rings. The number of hydrogen-bond acceptors (Lipinski definition) is 4. The molecule has 6 heteroatoms. The second kappa shape index (κ2) is 6.46. The number of rotatable bonds is 3. The number of nitrogens with zero attached hydrogens (tertiary/aromatic N) is 3. The van der Waals surface area contributed by atoms with Crippen LogP contribution in [-0.2, 0) is 15.7 Å². The molecule has 144 valence electrons. The molecule has 0 aromatic heterocycles. The third-order valence-electron chi connectivity index (χ3n) is 6.22. The van der Waals surface area contributed by atoms with E-state index in [4.69, 9.17) is 5.41 Å². The Labute approximate surface area is 169 Å². The predicted molar refractivity (Wildman–Crippen MR) is 108 cm³/mol. The third kappa shape index (κ3) is 2.85. The second-order valence-corrected chi connectivity index (χ2v) is 8.01. The van der Waals surface area contributed by atoms with Gasteiger partial charge in [0, 0.05) is 7.05 Å². The molecular weight excluding hydrogens is 362 g/mol. The van der Waals surface area contributed by atoms with Gasteiger partial charge in [0.15, 0.2) is 5.96 Å². The van der Waals surface area contributed by atoms with E-state index in [2.05, 4.69) is 17.5 Å².